The molecule has 0 aliphatic heterocycles. The fraction of sp³-hybridized carbons (Fsp3) is 0.538. The van der Waals surface area contributed by atoms with E-state index in [1.165, 1.54) is 24.6 Å². The summed E-state index contributed by atoms with van der Waals surface area (Å²) in [5.41, 5.74) is 7.02. The van der Waals surface area contributed by atoms with Crippen LogP contribution in [0.5, 0.6) is 0 Å². The maximum atomic E-state index is 5.99. The quantitative estimate of drug-likeness (QED) is 0.930. The van der Waals surface area contributed by atoms with Crippen molar-refractivity contribution in [1.82, 2.24) is 25.2 Å². The first-order valence-corrected chi connectivity index (χ1v) is 7.73. The molecule has 2 aromatic rings. The van der Waals surface area contributed by atoms with Crippen LogP contribution in [0.15, 0.2) is 28.5 Å². The van der Waals surface area contributed by atoms with E-state index < -0.39 is 0 Å². The average Bonchev–Trinajstić information content (AvgIpc) is 3.09. The van der Waals surface area contributed by atoms with Crippen LogP contribution in [0.2, 0.25) is 0 Å². The van der Waals surface area contributed by atoms with Gasteiger partial charge in [-0.2, -0.15) is 0 Å². The Morgan fingerprint density at radius 1 is 1.40 bits per heavy atom. The van der Waals surface area contributed by atoms with E-state index in [0.717, 1.165) is 28.6 Å². The van der Waals surface area contributed by atoms with Crippen LogP contribution in [0.4, 0.5) is 0 Å². The number of pyridine rings is 1. The fourth-order valence-electron chi connectivity index (χ4n) is 2.55. The van der Waals surface area contributed by atoms with Crippen LogP contribution in [0.1, 0.15) is 50.3 Å². The third-order valence-electron chi connectivity index (χ3n) is 3.61. The molecule has 1 fully saturated rings. The summed E-state index contributed by atoms with van der Waals surface area (Å²) in [7, 11) is 0. The van der Waals surface area contributed by atoms with E-state index in [4.69, 9.17) is 5.73 Å². The van der Waals surface area contributed by atoms with Gasteiger partial charge in [0, 0.05) is 17.8 Å². The van der Waals surface area contributed by atoms with Crippen molar-refractivity contribution < 1.29 is 0 Å². The third kappa shape index (κ3) is 2.69. The lowest BCUT2D eigenvalue weighted by molar-refractivity contribution is 0.423. The molecular weight excluding hydrogens is 272 g/mol. The largest absolute Gasteiger partial charge is 0.324 e. The number of aromatic nitrogens is 5. The van der Waals surface area contributed by atoms with Crippen LogP contribution >= 0.6 is 11.8 Å². The molecule has 3 rings (SSSR count). The molecule has 0 spiro atoms. The van der Waals surface area contributed by atoms with Crippen LogP contribution < -0.4 is 5.73 Å². The molecule has 0 aromatic carbocycles. The van der Waals surface area contributed by atoms with Crippen molar-refractivity contribution >= 4 is 11.8 Å². The second kappa shape index (κ2) is 5.88. The van der Waals surface area contributed by atoms with Crippen LogP contribution in [0, 0.1) is 0 Å². The molecule has 1 saturated carbocycles. The lowest BCUT2D eigenvalue weighted by Gasteiger charge is -2.13. The topological polar surface area (TPSA) is 82.5 Å². The van der Waals surface area contributed by atoms with E-state index in [0.29, 0.717) is 6.04 Å². The average molecular weight is 290 g/mol. The first kappa shape index (κ1) is 13.5. The van der Waals surface area contributed by atoms with Gasteiger partial charge in [-0.1, -0.05) is 18.9 Å². The molecule has 1 aliphatic rings. The van der Waals surface area contributed by atoms with Gasteiger partial charge in [0.2, 0.25) is 5.16 Å². The van der Waals surface area contributed by atoms with Gasteiger partial charge in [0.1, 0.15) is 5.03 Å². The van der Waals surface area contributed by atoms with E-state index in [-0.39, 0.29) is 6.04 Å². The summed E-state index contributed by atoms with van der Waals surface area (Å²) in [5.74, 6) is 0. The van der Waals surface area contributed by atoms with E-state index >= 15 is 0 Å². The molecule has 6 nitrogen and oxygen atoms in total. The lowest BCUT2D eigenvalue weighted by Crippen LogP contribution is -2.10. The highest BCUT2D eigenvalue weighted by atomic mass is 32.2. The summed E-state index contributed by atoms with van der Waals surface area (Å²) in [6.07, 6.45) is 6.59. The first-order valence-electron chi connectivity index (χ1n) is 6.92. The van der Waals surface area contributed by atoms with Gasteiger partial charge in [-0.3, -0.25) is 0 Å². The summed E-state index contributed by atoms with van der Waals surface area (Å²) < 4.78 is 1.94. The Hall–Kier alpha value is -1.47. The number of nitrogens with zero attached hydrogens (tertiary/aromatic N) is 5. The molecular formula is C13H18N6S. The predicted molar refractivity (Wildman–Crippen MR) is 76.3 cm³/mol. The molecule has 0 radical (unpaired) electrons. The normalized spacial score (nSPS) is 17.5. The van der Waals surface area contributed by atoms with Crippen molar-refractivity contribution in [2.75, 3.05) is 0 Å². The molecule has 2 N–H and O–H groups in total. The second-order valence-corrected chi connectivity index (χ2v) is 6.09. The van der Waals surface area contributed by atoms with E-state index in [1.807, 2.05) is 23.7 Å². The Kier molecular flexibility index (Phi) is 3.98. The molecule has 0 bridgehead atoms. The maximum absolute atomic E-state index is 5.99. The highest BCUT2D eigenvalue weighted by Crippen LogP contribution is 2.34. The number of hydrogen-bond acceptors (Lipinski definition) is 6. The number of rotatable bonds is 4. The zero-order chi connectivity index (χ0) is 13.9. The Bertz CT molecular complexity index is 576. The van der Waals surface area contributed by atoms with Crippen molar-refractivity contribution in [3.05, 3.63) is 23.9 Å². The summed E-state index contributed by atoms with van der Waals surface area (Å²) in [6.45, 7) is 1.96. The van der Waals surface area contributed by atoms with Gasteiger partial charge in [-0.25, -0.2) is 9.67 Å². The SMILES string of the molecule is C[C@H](N)c1cccnc1Sc1nnnn1C1CCCC1. The first-order chi connectivity index (χ1) is 9.75. The molecule has 1 aliphatic carbocycles. The summed E-state index contributed by atoms with van der Waals surface area (Å²) in [4.78, 5) is 4.42. The Labute approximate surface area is 122 Å². The minimum Gasteiger partial charge on any atom is -0.324 e. The summed E-state index contributed by atoms with van der Waals surface area (Å²) in [6, 6.07) is 4.28. The van der Waals surface area contributed by atoms with Gasteiger partial charge in [0.15, 0.2) is 0 Å². The van der Waals surface area contributed by atoms with Gasteiger partial charge >= 0.3 is 0 Å². The summed E-state index contributed by atoms with van der Waals surface area (Å²) in [5, 5.41) is 13.8. The molecule has 7 heteroatoms. The standard InChI is InChI=1S/C13H18N6S/c1-9(14)11-7-4-8-15-12(11)20-13-16-17-18-19(13)10-5-2-3-6-10/h4,7-10H,2-3,5-6,14H2,1H3/t9-/m0/s1. The van der Waals surface area contributed by atoms with Gasteiger partial charge < -0.3 is 5.73 Å². The lowest BCUT2D eigenvalue weighted by atomic mass is 10.2. The van der Waals surface area contributed by atoms with E-state index in [9.17, 15) is 0 Å². The monoisotopic (exact) mass is 290 g/mol. The van der Waals surface area contributed by atoms with Crippen LogP contribution in [0.3, 0.4) is 0 Å². The predicted octanol–water partition coefficient (Wildman–Crippen LogP) is 2.35. The zero-order valence-electron chi connectivity index (χ0n) is 11.4. The van der Waals surface area contributed by atoms with Crippen molar-refractivity contribution in [2.45, 2.75) is 54.9 Å². The fourth-order valence-corrected chi connectivity index (χ4v) is 3.57. The molecule has 2 aromatic heterocycles. The van der Waals surface area contributed by atoms with Gasteiger partial charge in [0.05, 0.1) is 6.04 Å². The Balaban J connectivity index is 1.87. The van der Waals surface area contributed by atoms with Crippen LogP contribution in [-0.2, 0) is 0 Å². The molecule has 106 valence electrons. The van der Waals surface area contributed by atoms with Gasteiger partial charge in [0.25, 0.3) is 0 Å². The van der Waals surface area contributed by atoms with Crippen LogP contribution in [-0.4, -0.2) is 25.2 Å². The highest BCUT2D eigenvalue weighted by Gasteiger charge is 2.23. The van der Waals surface area contributed by atoms with Crippen molar-refractivity contribution in [2.24, 2.45) is 5.73 Å². The molecule has 0 saturated heterocycles. The van der Waals surface area contributed by atoms with Gasteiger partial charge in [-0.15, -0.1) is 5.10 Å². The third-order valence-corrected chi connectivity index (χ3v) is 4.60. The smallest absolute Gasteiger partial charge is 0.215 e. The minimum atomic E-state index is -0.0537. The number of nitrogens with two attached hydrogens (primary N) is 1. The maximum Gasteiger partial charge on any atom is 0.215 e. The van der Waals surface area contributed by atoms with Crippen molar-refractivity contribution in [3.63, 3.8) is 0 Å². The van der Waals surface area contributed by atoms with Crippen molar-refractivity contribution in [1.29, 1.82) is 0 Å². The van der Waals surface area contributed by atoms with Crippen LogP contribution in [0.25, 0.3) is 0 Å². The number of hydrogen-bond donors (Lipinski definition) is 1. The van der Waals surface area contributed by atoms with Gasteiger partial charge in [-0.05, 0) is 48.0 Å². The Morgan fingerprint density at radius 3 is 2.95 bits per heavy atom. The summed E-state index contributed by atoms with van der Waals surface area (Å²) >= 11 is 1.50. The molecule has 1 atom stereocenters. The molecule has 20 heavy (non-hydrogen) atoms. The number of tetrazole rings is 1. The Morgan fingerprint density at radius 2 is 2.20 bits per heavy atom. The van der Waals surface area contributed by atoms with Crippen molar-refractivity contribution in [3.8, 4) is 0 Å². The van der Waals surface area contributed by atoms with E-state index in [1.54, 1.807) is 6.20 Å². The molecule has 0 unspecified atom stereocenters. The highest BCUT2D eigenvalue weighted by molar-refractivity contribution is 7.99. The molecule has 2 heterocycles. The molecule has 0 amide bonds. The minimum absolute atomic E-state index is 0.0537. The van der Waals surface area contributed by atoms with E-state index in [2.05, 4.69) is 20.5 Å². The second-order valence-electron chi connectivity index (χ2n) is 5.13. The zero-order valence-corrected chi connectivity index (χ0v) is 12.3.